The molecule has 2 amide bonds. The molecule has 5 aliphatic heterocycles. The molecule has 12 aromatic rings. The Balaban J connectivity index is 0.000000125. The number of sulfonamides is 1. The average Bonchev–Trinajstić information content (AvgIpc) is 1.59. The van der Waals surface area contributed by atoms with Gasteiger partial charge in [0, 0.05) is 144 Å². The van der Waals surface area contributed by atoms with Crippen molar-refractivity contribution >= 4 is 45.0 Å². The normalized spacial score (nSPS) is 16.4. The molecule has 27 heteroatoms. The number of hydrogen-bond acceptors (Lipinski definition) is 23. The molecule has 8 aromatic carbocycles. The molecule has 26 nitrogen and oxygen atoms in total. The van der Waals surface area contributed by atoms with E-state index in [9.17, 15) is 42.3 Å². The van der Waals surface area contributed by atoms with Crippen LogP contribution >= 0.6 is 0 Å². The third-order valence-electron chi connectivity index (χ3n) is 26.6. The largest absolute Gasteiger partial charge is 0.454 e. The van der Waals surface area contributed by atoms with Gasteiger partial charge in [-0.3, -0.25) is 53.6 Å². The van der Waals surface area contributed by atoms with Crippen molar-refractivity contribution in [1.29, 1.82) is 0 Å². The van der Waals surface area contributed by atoms with Crippen LogP contribution in [0.4, 0.5) is 0 Å². The Bertz CT molecular complexity index is 6610. The highest BCUT2D eigenvalue weighted by molar-refractivity contribution is 7.89. The molecule has 4 aromatic heterocycles. The zero-order valence-electron chi connectivity index (χ0n) is 74.7. The van der Waals surface area contributed by atoms with Crippen molar-refractivity contribution in [3.8, 4) is 90.8 Å². The third kappa shape index (κ3) is 19.2. The lowest BCUT2D eigenvalue weighted by Gasteiger charge is -2.33. The summed E-state index contributed by atoms with van der Waals surface area (Å²) in [6.45, 7) is 8.61. The number of benzene rings is 8. The van der Waals surface area contributed by atoms with E-state index in [2.05, 4.69) is 20.9 Å². The fourth-order valence-electron chi connectivity index (χ4n) is 17.9. The number of piperazine rings is 1. The number of nitrogens with two attached hydrogens (primary N) is 1. The van der Waals surface area contributed by atoms with E-state index < -0.39 is 37.6 Å². The van der Waals surface area contributed by atoms with Gasteiger partial charge < -0.3 is 58.4 Å². The molecule has 9 aliphatic rings. The van der Waals surface area contributed by atoms with Crippen molar-refractivity contribution in [3.63, 3.8) is 0 Å². The minimum absolute atomic E-state index is 0. The number of fused-ring (bicyclic) bond motifs is 4. The van der Waals surface area contributed by atoms with Gasteiger partial charge in [0.15, 0.2) is 46.0 Å². The van der Waals surface area contributed by atoms with Gasteiger partial charge in [0.2, 0.25) is 43.1 Å². The molecule has 5 fully saturated rings. The van der Waals surface area contributed by atoms with Gasteiger partial charge in [-0.15, -0.1) is 0 Å². The monoisotopic (exact) mass is 1810 g/mol. The number of ketones is 4. The van der Waals surface area contributed by atoms with Gasteiger partial charge in [0.1, 0.15) is 23.1 Å². The summed E-state index contributed by atoms with van der Waals surface area (Å²) in [4.78, 5) is 99.4. The first-order valence-electron chi connectivity index (χ1n) is 44.7. The second kappa shape index (κ2) is 37.8. The van der Waals surface area contributed by atoms with Gasteiger partial charge in [-0.05, 0) is 237 Å². The molecule has 0 radical (unpaired) electrons. The van der Waals surface area contributed by atoms with E-state index in [0.717, 1.165) is 176 Å². The highest BCUT2D eigenvalue weighted by atomic mass is 32.2. The summed E-state index contributed by atoms with van der Waals surface area (Å²) in [5, 5.41) is 9.37. The van der Waals surface area contributed by atoms with Crippen molar-refractivity contribution in [2.75, 3.05) is 87.7 Å². The van der Waals surface area contributed by atoms with Gasteiger partial charge >= 0.3 is 0 Å². The number of primary amides is 1. The number of aromatic nitrogens is 4. The molecule has 682 valence electrons. The molecule has 4 aliphatic carbocycles. The number of Topliss-reactive ketones (excluding diaryl/α,β-unsaturated/α-hetero) is 4. The number of rotatable bonds is 28. The van der Waals surface area contributed by atoms with Crippen LogP contribution in [0, 0.1) is 13.8 Å². The second-order valence-corrected chi connectivity index (χ2v) is 37.3. The Morgan fingerprint density at radius 3 is 1.36 bits per heavy atom. The Labute approximate surface area is 772 Å². The number of amides is 2. The molecule has 0 atom stereocenters. The Kier molecular flexibility index (Phi) is 25.5. The smallest absolute Gasteiger partial charge is 0.253 e. The summed E-state index contributed by atoms with van der Waals surface area (Å²) in [7, 11) is 1.56. The standard InChI is InChI=1S/C30H33N3O6S.C27H26N2O4.C25H23NO4.C24H20N2O4.H2/c1-37-18-17-32-13-15-33(16-14-32)40(35,36)25-8-5-22(6-9-25)26-4-2-3-24(31-26)20-29(34)30(11-12-30)23-7-10-27-28(19-23)39-21-38-27;1-17-4-10-21(28-25(17)18-5-7-19(8-6-18)26(31)29(2)3)15-24(30)27(12-13-27)20-9-11-22-23(14-20)33-16-32-22;1-16-9-19(18-4-2-3-17(10-18)14-27)13-26-21(16)12-24(28)25(7-8-25)20-5-6-22-23(11-20)30-15-29-22;25-23(28)16-3-1-2-15(10-16)17-4-6-19(26-13-17)12-22(27)24(8-9-24)18-5-7-20-21(11-18)30-14-29-20;/h2-10,19H,11-18,20-21H2,1H3;4-11,14H,12-13,15-16H2,1-3H3;2-6,9-11,13,27H,7-8,12,14-15H2,1H3;1-7,10-11,13H,8-9,12,14H2,(H2,25,28);1H. The number of methoxy groups -OCH3 is 1. The minimum atomic E-state index is -3.58. The number of hydrogen-bond donors (Lipinski definition) is 2. The first kappa shape index (κ1) is 89.7. The van der Waals surface area contributed by atoms with Crippen molar-refractivity contribution in [1.82, 2.24) is 34.0 Å². The minimum Gasteiger partial charge on any atom is -0.454 e. The van der Waals surface area contributed by atoms with Crippen LogP contribution in [-0.2, 0) is 87.9 Å². The van der Waals surface area contributed by atoms with E-state index in [0.29, 0.717) is 84.7 Å². The lowest BCUT2D eigenvalue weighted by molar-refractivity contribution is -0.121. The van der Waals surface area contributed by atoms with Crippen LogP contribution in [-0.4, -0.2) is 170 Å². The van der Waals surface area contributed by atoms with E-state index in [1.165, 1.54) is 0 Å². The van der Waals surface area contributed by atoms with Crippen LogP contribution < -0.4 is 43.6 Å². The SMILES string of the molecule is COCCN1CCN(S(=O)(=O)c2ccc(-c3cccc(CC(=O)C4(c5ccc6c(c5)OCO6)CC4)n3)cc2)CC1.Cc1cc(-c2cccc(CO)c2)cnc1CC(=O)C1(c2ccc3c(c2)OCO3)CC1.Cc1ccc(CC(=O)C2(c3ccc4c(c3)OCO4)CC2)nc1-c1ccc(C(=O)N(C)C)cc1.NC(=O)c1cccc(-c2ccc(CC(=O)C3(c4ccc5c(c4)OCO5)CC3)nc2)c1.[HH]. The molecular weight excluding hydrogens is 1710 g/mol. The zero-order chi connectivity index (χ0) is 92.3. The number of aliphatic hydroxyl groups excluding tert-OH is 1. The van der Waals surface area contributed by atoms with Crippen molar-refractivity contribution in [2.24, 2.45) is 5.73 Å². The van der Waals surface area contributed by atoms with E-state index in [-0.39, 0.29) is 88.4 Å². The molecule has 133 heavy (non-hydrogen) atoms. The lowest BCUT2D eigenvalue weighted by Crippen LogP contribution is -2.49. The summed E-state index contributed by atoms with van der Waals surface area (Å²) in [6, 6.07) is 67.7. The Hall–Kier alpha value is -13.8. The summed E-state index contributed by atoms with van der Waals surface area (Å²) < 4.78 is 76.7. The molecule has 1 saturated heterocycles. The van der Waals surface area contributed by atoms with Gasteiger partial charge in [-0.1, -0.05) is 97.1 Å². The van der Waals surface area contributed by atoms with E-state index in [1.807, 2.05) is 190 Å². The van der Waals surface area contributed by atoms with Crippen LogP contribution in [0.15, 0.2) is 236 Å². The maximum atomic E-state index is 13.4. The summed E-state index contributed by atoms with van der Waals surface area (Å²) in [5.74, 6) is 5.88. The predicted molar refractivity (Wildman–Crippen MR) is 499 cm³/mol. The molecule has 0 bridgehead atoms. The Morgan fingerprint density at radius 1 is 0.436 bits per heavy atom. The van der Waals surface area contributed by atoms with Gasteiger partial charge in [0.05, 0.1) is 56.9 Å². The maximum absolute atomic E-state index is 13.4. The quantitative estimate of drug-likeness (QED) is 0.0460. The van der Waals surface area contributed by atoms with Crippen LogP contribution in [0.25, 0.3) is 44.8 Å². The van der Waals surface area contributed by atoms with Crippen LogP contribution in [0.5, 0.6) is 46.0 Å². The highest BCUT2D eigenvalue weighted by Crippen LogP contribution is 2.56. The van der Waals surface area contributed by atoms with Crippen molar-refractivity contribution < 1.29 is 86.3 Å². The first-order valence-corrected chi connectivity index (χ1v) is 46.2. The molecule has 4 saturated carbocycles. The average molecular weight is 1810 g/mol. The van der Waals surface area contributed by atoms with E-state index in [1.54, 1.807) is 79.1 Å². The number of aryl methyl sites for hydroxylation is 2. The number of carbonyl (C=O) groups is 6. The topological polar surface area (TPSA) is 327 Å². The van der Waals surface area contributed by atoms with Crippen LogP contribution in [0.1, 0.15) is 135 Å². The zero-order valence-corrected chi connectivity index (χ0v) is 75.5. The number of carbonyl (C=O) groups excluding carboxylic acids is 6. The number of nitrogens with zero attached hydrogens (tertiary/aromatic N) is 7. The summed E-state index contributed by atoms with van der Waals surface area (Å²) in [6.07, 6.45) is 11.3. The number of aliphatic hydroxyl groups is 1. The highest BCUT2D eigenvalue weighted by Gasteiger charge is 2.54. The molecule has 0 spiro atoms. The van der Waals surface area contributed by atoms with E-state index in [4.69, 9.17) is 58.3 Å². The molecule has 9 heterocycles. The van der Waals surface area contributed by atoms with Gasteiger partial charge in [-0.25, -0.2) is 8.42 Å². The van der Waals surface area contributed by atoms with Crippen molar-refractivity contribution in [2.45, 2.75) is 124 Å². The Morgan fingerprint density at radius 2 is 0.887 bits per heavy atom. The summed E-state index contributed by atoms with van der Waals surface area (Å²) in [5.41, 5.74) is 21.4. The van der Waals surface area contributed by atoms with Crippen LogP contribution in [0.2, 0.25) is 0 Å². The number of ether oxygens (including phenoxy) is 9. The summed E-state index contributed by atoms with van der Waals surface area (Å²) >= 11 is 0. The fraction of sp³-hybridized carbons (Fsp3) is 0.302. The fourth-order valence-corrected chi connectivity index (χ4v) is 19.4. The first-order chi connectivity index (χ1) is 64.4. The lowest BCUT2D eigenvalue weighted by atomic mass is 9.88. The molecule has 3 N–H and O–H groups in total. The van der Waals surface area contributed by atoms with Crippen LogP contribution in [0.3, 0.4) is 0 Å². The predicted octanol–water partition coefficient (Wildman–Crippen LogP) is 15.4. The number of pyridine rings is 4. The molecular formula is C106H104N8O18S. The molecule has 21 rings (SSSR count). The van der Waals surface area contributed by atoms with E-state index >= 15 is 0 Å². The maximum Gasteiger partial charge on any atom is 0.253 e. The van der Waals surface area contributed by atoms with Gasteiger partial charge in [-0.2, -0.15) is 4.31 Å². The van der Waals surface area contributed by atoms with Crippen molar-refractivity contribution in [3.05, 3.63) is 304 Å². The molecule has 0 unspecified atom stereocenters. The van der Waals surface area contributed by atoms with Gasteiger partial charge in [0.25, 0.3) is 5.91 Å². The third-order valence-corrected chi connectivity index (χ3v) is 28.5. The second-order valence-electron chi connectivity index (χ2n) is 35.4.